The van der Waals surface area contributed by atoms with E-state index in [1.807, 2.05) is 0 Å². The summed E-state index contributed by atoms with van der Waals surface area (Å²) in [7, 11) is 0. The van der Waals surface area contributed by atoms with Gasteiger partial charge in [-0.2, -0.15) is 8.78 Å². The molecule has 15 heavy (non-hydrogen) atoms. The van der Waals surface area contributed by atoms with Gasteiger partial charge in [-0.1, -0.05) is 0 Å². The summed E-state index contributed by atoms with van der Waals surface area (Å²) < 4.78 is 26.9. The summed E-state index contributed by atoms with van der Waals surface area (Å²) in [5.41, 5.74) is 4.71. The molecule has 1 saturated carbocycles. The average molecular weight is 278 g/mol. The summed E-state index contributed by atoms with van der Waals surface area (Å²) >= 11 is 3.02. The molecular weight excluding hydrogens is 268 g/mol. The zero-order valence-electron chi connectivity index (χ0n) is 7.88. The van der Waals surface area contributed by atoms with Crippen molar-refractivity contribution in [3.8, 4) is 0 Å². The van der Waals surface area contributed by atoms with E-state index in [2.05, 4.69) is 25.9 Å². The zero-order chi connectivity index (χ0) is 11.1. The van der Waals surface area contributed by atoms with Gasteiger partial charge < -0.3 is 5.73 Å². The van der Waals surface area contributed by atoms with Crippen molar-refractivity contribution in [2.75, 3.05) is 6.54 Å². The highest BCUT2D eigenvalue weighted by Gasteiger charge is 2.36. The average Bonchev–Trinajstić information content (AvgIpc) is 3.02. The van der Waals surface area contributed by atoms with Gasteiger partial charge in [-0.15, -0.1) is 0 Å². The van der Waals surface area contributed by atoms with Crippen LogP contribution in [0.1, 0.15) is 30.3 Å². The Labute approximate surface area is 94.2 Å². The first kappa shape index (κ1) is 10.9. The first-order valence-electron chi connectivity index (χ1n) is 4.65. The molecule has 2 rings (SSSR count). The topological polar surface area (TPSA) is 51.8 Å². The van der Waals surface area contributed by atoms with Crippen LogP contribution in [-0.2, 0) is 5.92 Å². The molecule has 0 saturated heterocycles. The van der Waals surface area contributed by atoms with Gasteiger partial charge >= 0.3 is 5.92 Å². The van der Waals surface area contributed by atoms with Crippen LogP contribution in [0.25, 0.3) is 0 Å². The summed E-state index contributed by atoms with van der Waals surface area (Å²) in [5, 5.41) is 0. The first-order chi connectivity index (χ1) is 7.04. The van der Waals surface area contributed by atoms with E-state index in [9.17, 15) is 8.78 Å². The molecule has 1 aromatic heterocycles. The van der Waals surface area contributed by atoms with Gasteiger partial charge in [-0.3, -0.25) is 0 Å². The van der Waals surface area contributed by atoms with Crippen molar-refractivity contribution in [3.05, 3.63) is 22.2 Å². The van der Waals surface area contributed by atoms with Crippen LogP contribution in [0.4, 0.5) is 8.78 Å². The van der Waals surface area contributed by atoms with Gasteiger partial charge in [0.05, 0.1) is 11.0 Å². The Kier molecular flexibility index (Phi) is 2.72. The van der Waals surface area contributed by atoms with Crippen molar-refractivity contribution < 1.29 is 8.78 Å². The lowest BCUT2D eigenvalue weighted by atomic mass is 10.2. The van der Waals surface area contributed by atoms with Crippen LogP contribution in [0.2, 0.25) is 0 Å². The second-order valence-electron chi connectivity index (χ2n) is 3.61. The molecule has 0 unspecified atom stereocenters. The van der Waals surface area contributed by atoms with Gasteiger partial charge in [-0.05, 0) is 28.8 Å². The maximum Gasteiger partial charge on any atom is 0.302 e. The van der Waals surface area contributed by atoms with Crippen molar-refractivity contribution in [1.82, 2.24) is 9.97 Å². The van der Waals surface area contributed by atoms with E-state index in [1.54, 1.807) is 0 Å². The van der Waals surface area contributed by atoms with Crippen LogP contribution in [0.5, 0.6) is 0 Å². The van der Waals surface area contributed by atoms with E-state index in [4.69, 9.17) is 5.73 Å². The molecule has 0 radical (unpaired) electrons. The highest BCUT2D eigenvalue weighted by Crippen LogP contribution is 2.39. The Morgan fingerprint density at radius 2 is 2.20 bits per heavy atom. The van der Waals surface area contributed by atoms with Gasteiger partial charge in [0.15, 0.2) is 0 Å². The Morgan fingerprint density at radius 1 is 1.53 bits per heavy atom. The molecule has 0 amide bonds. The summed E-state index contributed by atoms with van der Waals surface area (Å²) in [6.07, 6.45) is 3.34. The van der Waals surface area contributed by atoms with E-state index >= 15 is 0 Å². The molecule has 0 atom stereocenters. The van der Waals surface area contributed by atoms with Crippen LogP contribution < -0.4 is 5.73 Å². The van der Waals surface area contributed by atoms with Gasteiger partial charge in [0.2, 0.25) is 0 Å². The lowest BCUT2D eigenvalue weighted by Crippen LogP contribution is -2.27. The summed E-state index contributed by atoms with van der Waals surface area (Å²) in [5.74, 6) is -2.34. The number of nitrogens with two attached hydrogens (primary N) is 1. The number of aromatic nitrogens is 2. The maximum absolute atomic E-state index is 13.4. The summed E-state index contributed by atoms with van der Waals surface area (Å²) in [6.45, 7) is -0.743. The Hall–Kier alpha value is -0.620. The predicted octanol–water partition coefficient (Wildman–Crippen LogP) is 2.17. The molecule has 1 aromatic rings. The van der Waals surface area contributed by atoms with Crippen molar-refractivity contribution in [1.29, 1.82) is 0 Å². The number of rotatable bonds is 3. The Balaban J connectivity index is 2.40. The summed E-state index contributed by atoms with van der Waals surface area (Å²) in [4.78, 5) is 7.91. The third kappa shape index (κ3) is 2.15. The van der Waals surface area contributed by atoms with E-state index in [0.717, 1.165) is 12.8 Å². The molecular formula is C9H10BrF2N3. The van der Waals surface area contributed by atoms with Gasteiger partial charge in [0.25, 0.3) is 0 Å². The lowest BCUT2D eigenvalue weighted by molar-refractivity contribution is 0.000187. The number of nitrogens with zero attached hydrogens (tertiary/aromatic N) is 2. The second-order valence-corrected chi connectivity index (χ2v) is 4.46. The fourth-order valence-corrected chi connectivity index (χ4v) is 1.75. The van der Waals surface area contributed by atoms with Crippen LogP contribution in [0.3, 0.4) is 0 Å². The van der Waals surface area contributed by atoms with Crippen LogP contribution in [0, 0.1) is 0 Å². The second kappa shape index (κ2) is 3.75. The number of alkyl halides is 2. The number of hydrogen-bond acceptors (Lipinski definition) is 3. The van der Waals surface area contributed by atoms with Crippen LogP contribution >= 0.6 is 15.9 Å². The van der Waals surface area contributed by atoms with Crippen molar-refractivity contribution in [2.24, 2.45) is 5.73 Å². The minimum absolute atomic E-state index is 0.211. The van der Waals surface area contributed by atoms with Crippen LogP contribution in [-0.4, -0.2) is 16.5 Å². The van der Waals surface area contributed by atoms with E-state index in [1.165, 1.54) is 6.20 Å². The summed E-state index contributed by atoms with van der Waals surface area (Å²) in [6, 6.07) is 0. The molecule has 2 N–H and O–H groups in total. The molecule has 0 bridgehead atoms. The SMILES string of the molecule is NCC(F)(F)c1nc(C2CC2)ncc1Br. The van der Waals surface area contributed by atoms with Crippen LogP contribution in [0.15, 0.2) is 10.7 Å². The fraction of sp³-hybridized carbons (Fsp3) is 0.556. The third-order valence-electron chi connectivity index (χ3n) is 2.31. The molecule has 1 heterocycles. The molecule has 0 spiro atoms. The number of hydrogen-bond donors (Lipinski definition) is 1. The molecule has 82 valence electrons. The molecule has 1 aliphatic rings. The highest BCUT2D eigenvalue weighted by molar-refractivity contribution is 9.10. The normalized spacial score (nSPS) is 16.8. The van der Waals surface area contributed by atoms with Gasteiger partial charge in [-0.25, -0.2) is 9.97 Å². The van der Waals surface area contributed by atoms with Crippen molar-refractivity contribution >= 4 is 15.9 Å². The lowest BCUT2D eigenvalue weighted by Gasteiger charge is -2.15. The molecule has 1 aliphatic carbocycles. The fourth-order valence-electron chi connectivity index (χ4n) is 1.27. The molecule has 1 fully saturated rings. The first-order valence-corrected chi connectivity index (χ1v) is 5.44. The number of halogens is 3. The predicted molar refractivity (Wildman–Crippen MR) is 54.7 cm³/mol. The van der Waals surface area contributed by atoms with Crippen molar-refractivity contribution in [2.45, 2.75) is 24.7 Å². The quantitative estimate of drug-likeness (QED) is 0.921. The van der Waals surface area contributed by atoms with E-state index in [0.29, 0.717) is 5.82 Å². The van der Waals surface area contributed by atoms with E-state index in [-0.39, 0.29) is 16.1 Å². The maximum atomic E-state index is 13.4. The minimum Gasteiger partial charge on any atom is -0.325 e. The monoisotopic (exact) mass is 277 g/mol. The van der Waals surface area contributed by atoms with E-state index < -0.39 is 12.5 Å². The van der Waals surface area contributed by atoms with Gasteiger partial charge in [0, 0.05) is 12.1 Å². The van der Waals surface area contributed by atoms with Crippen molar-refractivity contribution in [3.63, 3.8) is 0 Å². The zero-order valence-corrected chi connectivity index (χ0v) is 9.47. The minimum atomic E-state index is -3.09. The molecule has 6 heteroatoms. The Morgan fingerprint density at radius 3 is 2.73 bits per heavy atom. The highest BCUT2D eigenvalue weighted by atomic mass is 79.9. The third-order valence-corrected chi connectivity index (χ3v) is 2.89. The largest absolute Gasteiger partial charge is 0.325 e. The Bertz CT molecular complexity index is 380. The standard InChI is InChI=1S/C9H10BrF2N3/c10-6-3-14-8(5-1-2-5)15-7(6)9(11,12)4-13/h3,5H,1-2,4,13H2. The molecule has 0 aromatic carbocycles. The molecule has 3 nitrogen and oxygen atoms in total. The van der Waals surface area contributed by atoms with Gasteiger partial charge in [0.1, 0.15) is 11.5 Å². The smallest absolute Gasteiger partial charge is 0.302 e. The molecule has 0 aliphatic heterocycles.